The molecule has 8 heteroatoms. The van der Waals surface area contributed by atoms with E-state index in [0.717, 1.165) is 10.7 Å². The molecule has 1 amide bonds. The fourth-order valence-electron chi connectivity index (χ4n) is 3.02. The van der Waals surface area contributed by atoms with Crippen molar-refractivity contribution in [3.63, 3.8) is 0 Å². The molecule has 1 aliphatic heterocycles. The van der Waals surface area contributed by atoms with Crippen molar-refractivity contribution in [3.8, 4) is 5.88 Å². The summed E-state index contributed by atoms with van der Waals surface area (Å²) in [7, 11) is 0. The minimum atomic E-state index is -0.516. The third-order valence-electron chi connectivity index (χ3n) is 4.23. The van der Waals surface area contributed by atoms with Crippen molar-refractivity contribution in [2.45, 2.75) is 26.1 Å². The molecule has 0 bridgehead atoms. The molecule has 1 aliphatic rings. The van der Waals surface area contributed by atoms with Crippen LogP contribution in [0.3, 0.4) is 0 Å². The monoisotopic (exact) mass is 372 g/mol. The molecule has 3 aromatic heterocycles. The first-order valence-electron chi connectivity index (χ1n) is 8.23. The topological polar surface area (TPSA) is 60.2 Å². The molecule has 6 nitrogen and oxygen atoms in total. The highest BCUT2D eigenvalue weighted by Gasteiger charge is 2.28. The van der Waals surface area contributed by atoms with Crippen molar-refractivity contribution in [1.29, 1.82) is 0 Å². The van der Waals surface area contributed by atoms with E-state index in [-0.39, 0.29) is 11.8 Å². The lowest BCUT2D eigenvalue weighted by molar-refractivity contribution is 0.0636. The van der Waals surface area contributed by atoms with Gasteiger partial charge in [-0.3, -0.25) is 4.79 Å². The Morgan fingerprint density at radius 1 is 1.35 bits per heavy atom. The Hall–Kier alpha value is -2.74. The number of carbonyl (C=O) groups is 1. The van der Waals surface area contributed by atoms with Gasteiger partial charge in [-0.15, -0.1) is 11.3 Å². The summed E-state index contributed by atoms with van der Waals surface area (Å²) in [4.78, 5) is 22.8. The predicted molar refractivity (Wildman–Crippen MR) is 94.6 cm³/mol. The number of nitrogens with zero attached hydrogens (tertiary/aromatic N) is 4. The number of aryl methyl sites for hydroxylation is 1. The molecule has 0 fully saturated rings. The summed E-state index contributed by atoms with van der Waals surface area (Å²) in [6.07, 6.45) is 3.00. The Morgan fingerprint density at radius 2 is 2.23 bits per heavy atom. The second-order valence-corrected chi connectivity index (χ2v) is 7.18. The van der Waals surface area contributed by atoms with Crippen molar-refractivity contribution in [1.82, 2.24) is 19.4 Å². The number of hydrogen-bond acceptors (Lipinski definition) is 5. The first-order valence-corrected chi connectivity index (χ1v) is 9.10. The van der Waals surface area contributed by atoms with Crippen LogP contribution in [0.2, 0.25) is 0 Å². The molecule has 0 radical (unpaired) electrons. The quantitative estimate of drug-likeness (QED) is 0.709. The summed E-state index contributed by atoms with van der Waals surface area (Å²) in [6, 6.07) is 6.71. The van der Waals surface area contributed by atoms with E-state index in [4.69, 9.17) is 4.74 Å². The number of carbonyl (C=O) groups excluding carboxylic acids is 1. The Bertz CT molecular complexity index is 939. The summed E-state index contributed by atoms with van der Waals surface area (Å²) >= 11 is 1.44. The third-order valence-corrected chi connectivity index (χ3v) is 5.00. The van der Waals surface area contributed by atoms with Crippen molar-refractivity contribution in [2.24, 2.45) is 0 Å². The Labute approximate surface area is 153 Å². The second kappa shape index (κ2) is 6.87. The first kappa shape index (κ1) is 16.7. The van der Waals surface area contributed by atoms with E-state index in [0.29, 0.717) is 25.3 Å². The molecule has 0 N–H and O–H groups in total. The van der Waals surface area contributed by atoms with Gasteiger partial charge in [0.1, 0.15) is 11.8 Å². The van der Waals surface area contributed by atoms with E-state index in [1.54, 1.807) is 10.3 Å². The summed E-state index contributed by atoms with van der Waals surface area (Å²) in [5, 5.41) is 2.60. The molecular formula is C18H17FN4O2S. The lowest BCUT2D eigenvalue weighted by Gasteiger charge is -2.24. The smallest absolute Gasteiger partial charge is 0.273 e. The molecule has 0 aliphatic carbocycles. The molecule has 0 saturated heterocycles. The zero-order valence-corrected chi connectivity index (χ0v) is 14.9. The standard InChI is InChI=1S/C18H17FN4O2S/c1-12-21-16(11-26-12)18(24)23-8-13-4-3-7-22(13)9-14(10-23)25-17-15(19)5-2-6-20-17/h2-7,11,14H,8-10H2,1H3/t14-/m0/s1. The van der Waals surface area contributed by atoms with Crippen molar-refractivity contribution >= 4 is 17.2 Å². The highest BCUT2D eigenvalue weighted by Crippen LogP contribution is 2.21. The first-order chi connectivity index (χ1) is 12.6. The summed E-state index contributed by atoms with van der Waals surface area (Å²) in [6.45, 7) is 3.16. The van der Waals surface area contributed by atoms with Gasteiger partial charge >= 0.3 is 0 Å². The number of thiazole rings is 1. The van der Waals surface area contributed by atoms with Crippen molar-refractivity contribution in [3.05, 3.63) is 64.3 Å². The van der Waals surface area contributed by atoms with Gasteiger partial charge in [-0.25, -0.2) is 14.4 Å². The fourth-order valence-corrected chi connectivity index (χ4v) is 3.61. The van der Waals surface area contributed by atoms with Gasteiger partial charge in [0.25, 0.3) is 11.8 Å². The zero-order valence-electron chi connectivity index (χ0n) is 14.1. The van der Waals surface area contributed by atoms with E-state index >= 15 is 0 Å². The highest BCUT2D eigenvalue weighted by atomic mass is 32.1. The van der Waals surface area contributed by atoms with Crippen LogP contribution in [-0.2, 0) is 13.1 Å². The number of aromatic nitrogens is 3. The molecule has 4 rings (SSSR count). The summed E-state index contributed by atoms with van der Waals surface area (Å²) < 4.78 is 21.7. The van der Waals surface area contributed by atoms with Crippen LogP contribution in [0, 0.1) is 12.7 Å². The summed E-state index contributed by atoms with van der Waals surface area (Å²) in [5.41, 5.74) is 1.42. The van der Waals surface area contributed by atoms with E-state index in [9.17, 15) is 9.18 Å². The number of amides is 1. The van der Waals surface area contributed by atoms with Crippen LogP contribution >= 0.6 is 11.3 Å². The normalized spacial score (nSPS) is 16.8. The fraction of sp³-hybridized carbons (Fsp3) is 0.278. The van der Waals surface area contributed by atoms with Gasteiger partial charge in [-0.1, -0.05) is 0 Å². The SMILES string of the molecule is Cc1nc(C(=O)N2Cc3cccn3C[C@H](Oc3ncccc3F)C2)cs1. The van der Waals surface area contributed by atoms with Crippen LogP contribution in [0.15, 0.2) is 42.0 Å². The van der Waals surface area contributed by atoms with Gasteiger partial charge < -0.3 is 14.2 Å². The van der Waals surface area contributed by atoms with Crippen molar-refractivity contribution in [2.75, 3.05) is 6.54 Å². The van der Waals surface area contributed by atoms with E-state index < -0.39 is 11.9 Å². The van der Waals surface area contributed by atoms with Crippen LogP contribution in [-0.4, -0.2) is 38.0 Å². The van der Waals surface area contributed by atoms with Gasteiger partial charge in [-0.2, -0.15) is 0 Å². The molecule has 134 valence electrons. The molecule has 4 heterocycles. The van der Waals surface area contributed by atoms with Gasteiger partial charge in [-0.05, 0) is 31.2 Å². The lowest BCUT2D eigenvalue weighted by Crippen LogP contribution is -2.39. The van der Waals surface area contributed by atoms with Gasteiger partial charge in [0.15, 0.2) is 5.82 Å². The third kappa shape index (κ3) is 3.32. The Kier molecular flexibility index (Phi) is 4.42. The van der Waals surface area contributed by atoms with Crippen LogP contribution in [0.4, 0.5) is 4.39 Å². The molecule has 26 heavy (non-hydrogen) atoms. The summed E-state index contributed by atoms with van der Waals surface area (Å²) in [5.74, 6) is -0.721. The maximum absolute atomic E-state index is 13.9. The van der Waals surface area contributed by atoms with Gasteiger partial charge in [0, 0.05) is 23.5 Å². The lowest BCUT2D eigenvalue weighted by atomic mass is 10.3. The number of fused-ring (bicyclic) bond motifs is 1. The minimum Gasteiger partial charge on any atom is -0.468 e. The molecule has 0 unspecified atom stereocenters. The molecule has 0 spiro atoms. The number of halogens is 1. The van der Waals surface area contributed by atoms with Crippen LogP contribution in [0.1, 0.15) is 21.2 Å². The van der Waals surface area contributed by atoms with E-state index in [2.05, 4.69) is 9.97 Å². The predicted octanol–water partition coefficient (Wildman–Crippen LogP) is 2.89. The number of hydrogen-bond donors (Lipinski definition) is 0. The maximum atomic E-state index is 13.9. The minimum absolute atomic E-state index is 0.0509. The molecule has 0 saturated carbocycles. The highest BCUT2D eigenvalue weighted by molar-refractivity contribution is 7.09. The number of rotatable bonds is 3. The van der Waals surface area contributed by atoms with Crippen LogP contribution in [0.25, 0.3) is 0 Å². The number of ether oxygens (including phenoxy) is 1. The molecule has 3 aromatic rings. The van der Waals surface area contributed by atoms with Gasteiger partial charge in [0.05, 0.1) is 24.6 Å². The average molecular weight is 372 g/mol. The molecule has 1 atom stereocenters. The molecule has 0 aromatic carbocycles. The molecular weight excluding hydrogens is 355 g/mol. The Balaban J connectivity index is 1.61. The van der Waals surface area contributed by atoms with Crippen LogP contribution in [0.5, 0.6) is 5.88 Å². The largest absolute Gasteiger partial charge is 0.468 e. The average Bonchev–Trinajstić information content (AvgIpc) is 3.21. The van der Waals surface area contributed by atoms with Gasteiger partial charge in [0.2, 0.25) is 0 Å². The second-order valence-electron chi connectivity index (χ2n) is 6.12. The maximum Gasteiger partial charge on any atom is 0.273 e. The Morgan fingerprint density at radius 3 is 3.00 bits per heavy atom. The number of pyridine rings is 1. The van der Waals surface area contributed by atoms with Crippen LogP contribution < -0.4 is 4.74 Å². The zero-order chi connectivity index (χ0) is 18.1. The van der Waals surface area contributed by atoms with E-state index in [1.807, 2.05) is 29.8 Å². The van der Waals surface area contributed by atoms with E-state index in [1.165, 1.54) is 29.7 Å². The van der Waals surface area contributed by atoms with Crippen molar-refractivity contribution < 1.29 is 13.9 Å².